The highest BCUT2D eigenvalue weighted by Crippen LogP contribution is 2.21. The van der Waals surface area contributed by atoms with E-state index in [0.717, 1.165) is 5.08 Å². The highest BCUT2D eigenvalue weighted by atomic mass is 32.2. The molecular formula is C13H20O3S2. The molecule has 1 heterocycles. The van der Waals surface area contributed by atoms with Crippen molar-refractivity contribution in [2.24, 2.45) is 5.92 Å². The van der Waals surface area contributed by atoms with Crippen molar-refractivity contribution in [3.63, 3.8) is 0 Å². The molecule has 102 valence electrons. The van der Waals surface area contributed by atoms with Gasteiger partial charge in [0.25, 0.3) is 0 Å². The van der Waals surface area contributed by atoms with Crippen molar-refractivity contribution in [1.82, 2.24) is 0 Å². The van der Waals surface area contributed by atoms with Crippen LogP contribution < -0.4 is 0 Å². The third-order valence-corrected chi connectivity index (χ3v) is 5.43. The Morgan fingerprint density at radius 1 is 1.11 bits per heavy atom. The van der Waals surface area contributed by atoms with Crippen molar-refractivity contribution in [2.45, 2.75) is 39.0 Å². The normalized spacial score (nSPS) is 21.2. The first-order valence-electron chi connectivity index (χ1n) is 6.35. The molecule has 0 aromatic carbocycles. The number of hydrogen-bond donors (Lipinski definition) is 0. The van der Waals surface area contributed by atoms with Gasteiger partial charge in [0.1, 0.15) is 17.3 Å². The predicted molar refractivity (Wildman–Crippen MR) is 77.1 cm³/mol. The van der Waals surface area contributed by atoms with Gasteiger partial charge in [-0.2, -0.15) is 0 Å². The zero-order valence-corrected chi connectivity index (χ0v) is 12.4. The molecule has 18 heavy (non-hydrogen) atoms. The van der Waals surface area contributed by atoms with E-state index in [2.05, 4.69) is 0 Å². The van der Waals surface area contributed by atoms with E-state index in [1.165, 1.54) is 0 Å². The third-order valence-electron chi connectivity index (χ3n) is 3.04. The molecule has 5 heteroatoms. The van der Waals surface area contributed by atoms with Gasteiger partial charge < -0.3 is 0 Å². The number of rotatable bonds is 2. The molecule has 0 aliphatic carbocycles. The van der Waals surface area contributed by atoms with Gasteiger partial charge in [-0.05, 0) is 12.8 Å². The largest absolute Gasteiger partial charge is 0.299 e. The third kappa shape index (κ3) is 6.05. The van der Waals surface area contributed by atoms with Crippen LogP contribution in [0.15, 0.2) is 0 Å². The standard InChI is InChI=1S/C13H20O3S2/c1-2-13(16)10-3-5-11(14)7-17-9-18-8-12(15)6-4-10/h10H,2-9H2,1H3. The minimum atomic E-state index is -0.0997. The van der Waals surface area contributed by atoms with E-state index in [9.17, 15) is 14.4 Å². The van der Waals surface area contributed by atoms with E-state index in [1.807, 2.05) is 6.92 Å². The van der Waals surface area contributed by atoms with Gasteiger partial charge in [-0.1, -0.05) is 6.92 Å². The molecule has 1 fully saturated rings. The smallest absolute Gasteiger partial charge is 0.142 e. The summed E-state index contributed by atoms with van der Waals surface area (Å²) in [6, 6.07) is 0. The first kappa shape index (κ1) is 15.8. The monoisotopic (exact) mass is 288 g/mol. The average Bonchev–Trinajstić information content (AvgIpc) is 2.36. The fourth-order valence-electron chi connectivity index (χ4n) is 1.94. The van der Waals surface area contributed by atoms with Crippen LogP contribution in [-0.2, 0) is 14.4 Å². The fourth-order valence-corrected chi connectivity index (χ4v) is 3.82. The second-order valence-corrected chi connectivity index (χ2v) is 6.82. The second-order valence-electron chi connectivity index (χ2n) is 4.49. The molecule has 0 saturated carbocycles. The molecule has 0 N–H and O–H groups in total. The minimum Gasteiger partial charge on any atom is -0.299 e. The van der Waals surface area contributed by atoms with Crippen molar-refractivity contribution in [3.05, 3.63) is 0 Å². The van der Waals surface area contributed by atoms with Crippen molar-refractivity contribution in [3.8, 4) is 0 Å². The van der Waals surface area contributed by atoms with E-state index < -0.39 is 0 Å². The van der Waals surface area contributed by atoms with Gasteiger partial charge in [0, 0.05) is 30.3 Å². The molecule has 3 nitrogen and oxygen atoms in total. The summed E-state index contributed by atoms with van der Waals surface area (Å²) in [7, 11) is 0. The predicted octanol–water partition coefficient (Wildman–Crippen LogP) is 2.72. The lowest BCUT2D eigenvalue weighted by Crippen LogP contribution is -2.18. The first-order chi connectivity index (χ1) is 8.63. The average molecular weight is 288 g/mol. The Morgan fingerprint density at radius 3 is 2.06 bits per heavy atom. The zero-order valence-electron chi connectivity index (χ0n) is 10.8. The van der Waals surface area contributed by atoms with Crippen LogP contribution in [0.2, 0.25) is 0 Å². The quantitative estimate of drug-likeness (QED) is 0.782. The van der Waals surface area contributed by atoms with Crippen molar-refractivity contribution >= 4 is 40.9 Å². The number of carbonyl (C=O) groups is 3. The minimum absolute atomic E-state index is 0.0997. The number of Topliss-reactive ketones (excluding diaryl/α,β-unsaturated/α-hetero) is 3. The molecule has 0 aromatic heterocycles. The van der Waals surface area contributed by atoms with E-state index in [1.54, 1.807) is 23.5 Å². The molecule has 0 amide bonds. The Hall–Kier alpha value is -0.290. The van der Waals surface area contributed by atoms with Crippen LogP contribution in [0.5, 0.6) is 0 Å². The van der Waals surface area contributed by atoms with Gasteiger partial charge in [0.15, 0.2) is 0 Å². The van der Waals surface area contributed by atoms with Crippen LogP contribution in [0.4, 0.5) is 0 Å². The topological polar surface area (TPSA) is 51.2 Å². The number of thioether (sulfide) groups is 2. The van der Waals surface area contributed by atoms with E-state index in [-0.39, 0.29) is 23.3 Å². The summed E-state index contributed by atoms with van der Waals surface area (Å²) in [4.78, 5) is 35.0. The van der Waals surface area contributed by atoms with Crippen LogP contribution in [0.1, 0.15) is 39.0 Å². The van der Waals surface area contributed by atoms with Gasteiger partial charge in [-0.3, -0.25) is 14.4 Å². The van der Waals surface area contributed by atoms with Crippen LogP contribution in [0, 0.1) is 5.92 Å². The first-order valence-corrected chi connectivity index (χ1v) is 8.66. The maximum absolute atomic E-state index is 11.8. The summed E-state index contributed by atoms with van der Waals surface area (Å²) in [5.41, 5.74) is 0. The summed E-state index contributed by atoms with van der Waals surface area (Å²) < 4.78 is 0. The van der Waals surface area contributed by atoms with Crippen molar-refractivity contribution in [2.75, 3.05) is 16.6 Å². The summed E-state index contributed by atoms with van der Waals surface area (Å²) in [6.45, 7) is 1.84. The second kappa shape index (κ2) is 8.75. The molecule has 0 spiro atoms. The molecule has 0 radical (unpaired) electrons. The van der Waals surface area contributed by atoms with Gasteiger partial charge in [0.05, 0.1) is 11.5 Å². The molecular weight excluding hydrogens is 268 g/mol. The molecule has 1 saturated heterocycles. The van der Waals surface area contributed by atoms with Gasteiger partial charge in [-0.15, -0.1) is 23.5 Å². The maximum Gasteiger partial charge on any atom is 0.142 e. The SMILES string of the molecule is CCC(=O)C1CCC(=O)CSCSCC(=O)CC1. The van der Waals surface area contributed by atoms with Crippen LogP contribution in [-0.4, -0.2) is 33.9 Å². The molecule has 0 aromatic rings. The summed E-state index contributed by atoms with van der Waals surface area (Å²) in [6.07, 6.45) is 2.68. The van der Waals surface area contributed by atoms with Crippen LogP contribution in [0.25, 0.3) is 0 Å². The Balaban J connectivity index is 2.57. The molecule has 0 atom stereocenters. The van der Waals surface area contributed by atoms with Gasteiger partial charge >= 0.3 is 0 Å². The lowest BCUT2D eigenvalue weighted by Gasteiger charge is -2.15. The zero-order chi connectivity index (χ0) is 13.4. The Kier molecular flexibility index (Phi) is 7.66. The summed E-state index contributed by atoms with van der Waals surface area (Å²) >= 11 is 3.14. The van der Waals surface area contributed by atoms with Gasteiger partial charge in [-0.25, -0.2) is 0 Å². The Morgan fingerprint density at radius 2 is 1.61 bits per heavy atom. The number of hydrogen-bond acceptors (Lipinski definition) is 5. The highest BCUT2D eigenvalue weighted by molar-refractivity contribution is 8.16. The lowest BCUT2D eigenvalue weighted by atomic mass is 9.90. The van der Waals surface area contributed by atoms with Crippen molar-refractivity contribution in [1.29, 1.82) is 0 Å². The van der Waals surface area contributed by atoms with E-state index in [4.69, 9.17) is 0 Å². The fraction of sp³-hybridized carbons (Fsp3) is 0.769. The maximum atomic E-state index is 11.8. The summed E-state index contributed by atoms with van der Waals surface area (Å²) in [5, 5.41) is 0.800. The Bertz CT molecular complexity index is 293. The van der Waals surface area contributed by atoms with E-state index >= 15 is 0 Å². The van der Waals surface area contributed by atoms with Crippen LogP contribution in [0.3, 0.4) is 0 Å². The molecule has 0 bridgehead atoms. The van der Waals surface area contributed by atoms with Gasteiger partial charge in [0.2, 0.25) is 0 Å². The number of ketones is 3. The van der Waals surface area contributed by atoms with Crippen LogP contribution >= 0.6 is 23.5 Å². The molecule has 1 aliphatic heterocycles. The Labute approximate surface area is 117 Å². The highest BCUT2D eigenvalue weighted by Gasteiger charge is 2.20. The lowest BCUT2D eigenvalue weighted by molar-refractivity contribution is -0.123. The molecule has 0 unspecified atom stereocenters. The molecule has 1 rings (SSSR count). The molecule has 1 aliphatic rings. The number of carbonyl (C=O) groups excluding carboxylic acids is 3. The van der Waals surface area contributed by atoms with Crippen molar-refractivity contribution < 1.29 is 14.4 Å². The van der Waals surface area contributed by atoms with E-state index in [0.29, 0.717) is 43.6 Å². The summed E-state index contributed by atoms with van der Waals surface area (Å²) in [5.74, 6) is 1.55.